The van der Waals surface area contributed by atoms with Gasteiger partial charge in [0.05, 0.1) is 0 Å². The van der Waals surface area contributed by atoms with Crippen LogP contribution in [0.4, 0.5) is 5.69 Å². The van der Waals surface area contributed by atoms with Crippen LogP contribution in [0.2, 0.25) is 0 Å². The number of rotatable bonds is 2. The fraction of sp³-hybridized carbons (Fsp3) is 0.318. The molecule has 0 atom stereocenters. The topological polar surface area (TPSA) is 20.3 Å². The molecule has 0 bridgehead atoms. The van der Waals surface area contributed by atoms with Gasteiger partial charge in [-0.3, -0.25) is 4.79 Å². The van der Waals surface area contributed by atoms with Crippen molar-refractivity contribution < 1.29 is 4.79 Å². The van der Waals surface area contributed by atoms with Crippen LogP contribution >= 0.6 is 0 Å². The van der Waals surface area contributed by atoms with Crippen LogP contribution in [0.15, 0.2) is 42.0 Å². The molecule has 0 fully saturated rings. The van der Waals surface area contributed by atoms with Crippen LogP contribution in [0.25, 0.3) is 6.08 Å². The van der Waals surface area contributed by atoms with Crippen molar-refractivity contribution >= 4 is 17.5 Å². The first-order chi connectivity index (χ1) is 11.6. The molecule has 2 nitrogen and oxygen atoms in total. The Morgan fingerprint density at radius 2 is 1.58 bits per heavy atom. The number of hydrogen-bond donors (Lipinski definition) is 0. The van der Waals surface area contributed by atoms with Crippen molar-refractivity contribution in [3.8, 4) is 0 Å². The number of aryl methyl sites for hydroxylation is 2. The van der Waals surface area contributed by atoms with E-state index in [0.717, 1.165) is 29.5 Å². The maximum absolute atomic E-state index is 12.8. The number of ketones is 1. The molecule has 2 aromatic rings. The van der Waals surface area contributed by atoms with Crippen LogP contribution in [-0.4, -0.2) is 19.9 Å². The number of nitrogens with zero attached hydrogens (tertiary/aromatic N) is 1. The summed E-state index contributed by atoms with van der Waals surface area (Å²) in [6.45, 7) is 0. The van der Waals surface area contributed by atoms with Gasteiger partial charge in [0, 0.05) is 37.3 Å². The van der Waals surface area contributed by atoms with Gasteiger partial charge >= 0.3 is 0 Å². The molecule has 0 saturated heterocycles. The summed E-state index contributed by atoms with van der Waals surface area (Å²) >= 11 is 0. The Morgan fingerprint density at radius 1 is 0.917 bits per heavy atom. The quantitative estimate of drug-likeness (QED) is 0.763. The van der Waals surface area contributed by atoms with Crippen LogP contribution in [0.1, 0.15) is 45.5 Å². The highest BCUT2D eigenvalue weighted by Crippen LogP contribution is 2.33. The molecule has 0 aromatic heterocycles. The Hall–Kier alpha value is -2.35. The highest BCUT2D eigenvalue weighted by atomic mass is 16.1. The van der Waals surface area contributed by atoms with Crippen LogP contribution in [-0.2, 0) is 19.3 Å². The van der Waals surface area contributed by atoms with Gasteiger partial charge in [-0.05, 0) is 72.2 Å². The Bertz CT molecular complexity index is 828. The third-order valence-corrected chi connectivity index (χ3v) is 5.24. The average molecular weight is 317 g/mol. The number of carbonyl (C=O) groups excluding carboxylic acids is 1. The van der Waals surface area contributed by atoms with Crippen LogP contribution in [0.5, 0.6) is 0 Å². The molecule has 2 heteroatoms. The summed E-state index contributed by atoms with van der Waals surface area (Å²) in [5.74, 6) is 0.218. The molecule has 0 saturated carbocycles. The fourth-order valence-corrected chi connectivity index (χ4v) is 3.84. The average Bonchev–Trinajstić information content (AvgIpc) is 2.89. The largest absolute Gasteiger partial charge is 0.378 e. The molecule has 0 radical (unpaired) electrons. The molecule has 2 aliphatic rings. The van der Waals surface area contributed by atoms with Crippen molar-refractivity contribution in [2.75, 3.05) is 19.0 Å². The molecule has 0 spiro atoms. The predicted molar refractivity (Wildman–Crippen MR) is 99.9 cm³/mol. The van der Waals surface area contributed by atoms with Gasteiger partial charge in [-0.2, -0.15) is 0 Å². The van der Waals surface area contributed by atoms with Gasteiger partial charge < -0.3 is 4.90 Å². The first-order valence-corrected chi connectivity index (χ1v) is 8.79. The molecule has 4 rings (SSSR count). The van der Waals surface area contributed by atoms with Gasteiger partial charge in [0.15, 0.2) is 5.78 Å². The second-order valence-electron chi connectivity index (χ2n) is 7.15. The molecule has 2 aromatic carbocycles. The lowest BCUT2D eigenvalue weighted by molar-refractivity contribution is 0.104. The van der Waals surface area contributed by atoms with Gasteiger partial charge in [0.1, 0.15) is 0 Å². The zero-order valence-corrected chi connectivity index (χ0v) is 14.4. The van der Waals surface area contributed by atoms with E-state index in [1.54, 1.807) is 0 Å². The molecule has 0 aliphatic heterocycles. The highest BCUT2D eigenvalue weighted by Gasteiger charge is 2.26. The number of allylic oxidation sites excluding steroid dienone is 1. The second kappa shape index (κ2) is 5.94. The molecule has 122 valence electrons. The summed E-state index contributed by atoms with van der Waals surface area (Å²) < 4.78 is 0. The lowest BCUT2D eigenvalue weighted by Crippen LogP contribution is -2.07. The Kier molecular flexibility index (Phi) is 3.76. The number of anilines is 1. The SMILES string of the molecule is CN(C)c1ccc(C=C2Cc3cc4c(cc3C2=O)CCCC4)cc1. The van der Waals surface area contributed by atoms with Crippen LogP contribution in [0, 0.1) is 0 Å². The second-order valence-corrected chi connectivity index (χ2v) is 7.15. The summed E-state index contributed by atoms with van der Waals surface area (Å²) in [4.78, 5) is 14.9. The highest BCUT2D eigenvalue weighted by molar-refractivity contribution is 6.15. The Balaban J connectivity index is 1.64. The summed E-state index contributed by atoms with van der Waals surface area (Å²) in [5.41, 5.74) is 8.20. The minimum Gasteiger partial charge on any atom is -0.378 e. The molecule has 0 N–H and O–H groups in total. The molecule has 0 unspecified atom stereocenters. The standard InChI is InChI=1S/C22H23NO/c1-23(2)20-9-7-15(8-10-20)11-19-13-18-12-16-5-3-4-6-17(16)14-21(18)22(19)24/h7-12,14H,3-6,13H2,1-2H3. The van der Waals surface area contributed by atoms with Gasteiger partial charge in [-0.25, -0.2) is 0 Å². The summed E-state index contributed by atoms with van der Waals surface area (Å²) in [6, 6.07) is 12.8. The molecule has 0 amide bonds. The molecule has 24 heavy (non-hydrogen) atoms. The zero-order chi connectivity index (χ0) is 16.7. The molecule has 2 aliphatic carbocycles. The van der Waals surface area contributed by atoms with E-state index in [9.17, 15) is 4.79 Å². The number of hydrogen-bond acceptors (Lipinski definition) is 2. The van der Waals surface area contributed by atoms with E-state index in [1.807, 2.05) is 14.1 Å². The predicted octanol–water partition coefficient (Wildman–Crippen LogP) is 4.45. The number of carbonyl (C=O) groups is 1. The van der Waals surface area contributed by atoms with E-state index in [2.05, 4.69) is 47.4 Å². The van der Waals surface area contributed by atoms with Crippen LogP contribution in [0.3, 0.4) is 0 Å². The third kappa shape index (κ3) is 2.66. The maximum Gasteiger partial charge on any atom is 0.189 e. The zero-order valence-electron chi connectivity index (χ0n) is 14.4. The first-order valence-electron chi connectivity index (χ1n) is 8.79. The Morgan fingerprint density at radius 3 is 2.25 bits per heavy atom. The van der Waals surface area contributed by atoms with Crippen molar-refractivity contribution in [2.45, 2.75) is 32.1 Å². The number of benzene rings is 2. The third-order valence-electron chi connectivity index (χ3n) is 5.24. The Labute approximate surface area is 143 Å². The number of fused-ring (bicyclic) bond motifs is 2. The normalized spacial score (nSPS) is 17.8. The van der Waals surface area contributed by atoms with E-state index in [0.29, 0.717) is 0 Å². The maximum atomic E-state index is 12.8. The molecule has 0 heterocycles. The summed E-state index contributed by atoms with van der Waals surface area (Å²) in [5, 5.41) is 0. The van der Waals surface area contributed by atoms with Gasteiger partial charge in [-0.1, -0.05) is 18.2 Å². The lowest BCUT2D eigenvalue weighted by atomic mass is 9.89. The van der Waals surface area contributed by atoms with Crippen molar-refractivity contribution in [1.82, 2.24) is 0 Å². The van der Waals surface area contributed by atoms with Gasteiger partial charge in [0.2, 0.25) is 0 Å². The molecular formula is C22H23NO. The fourth-order valence-electron chi connectivity index (χ4n) is 3.84. The lowest BCUT2D eigenvalue weighted by Gasteiger charge is -2.16. The van der Waals surface area contributed by atoms with E-state index >= 15 is 0 Å². The van der Waals surface area contributed by atoms with Crippen molar-refractivity contribution in [3.63, 3.8) is 0 Å². The minimum atomic E-state index is 0.218. The van der Waals surface area contributed by atoms with E-state index in [-0.39, 0.29) is 5.78 Å². The first kappa shape index (κ1) is 15.2. The van der Waals surface area contributed by atoms with Gasteiger partial charge in [-0.15, -0.1) is 0 Å². The summed E-state index contributed by atoms with van der Waals surface area (Å²) in [6.07, 6.45) is 7.65. The van der Waals surface area contributed by atoms with E-state index < -0.39 is 0 Å². The van der Waals surface area contributed by atoms with Crippen LogP contribution < -0.4 is 4.90 Å². The van der Waals surface area contributed by atoms with Crippen molar-refractivity contribution in [3.05, 3.63) is 69.8 Å². The van der Waals surface area contributed by atoms with E-state index in [1.165, 1.54) is 41.6 Å². The summed E-state index contributed by atoms with van der Waals surface area (Å²) in [7, 11) is 4.07. The van der Waals surface area contributed by atoms with Crippen molar-refractivity contribution in [2.24, 2.45) is 0 Å². The number of Topliss-reactive ketones (excluding diaryl/α,β-unsaturated/α-hetero) is 1. The smallest absolute Gasteiger partial charge is 0.189 e. The molecular weight excluding hydrogens is 294 g/mol. The minimum absolute atomic E-state index is 0.218. The van der Waals surface area contributed by atoms with E-state index in [4.69, 9.17) is 0 Å². The van der Waals surface area contributed by atoms with Crippen molar-refractivity contribution in [1.29, 1.82) is 0 Å². The monoisotopic (exact) mass is 317 g/mol. The van der Waals surface area contributed by atoms with Gasteiger partial charge in [0.25, 0.3) is 0 Å².